The molecular weight excluding hydrogens is 186 g/mol. The molecule has 88 valence electrons. The minimum Gasteiger partial charge on any atom is -0.252 e. The van der Waals surface area contributed by atoms with Gasteiger partial charge in [-0.05, 0) is 18.8 Å². The average molecular weight is 211 g/mol. The van der Waals surface area contributed by atoms with Crippen LogP contribution in [0.2, 0.25) is 0 Å². The zero-order valence-electron chi connectivity index (χ0n) is 10.8. The summed E-state index contributed by atoms with van der Waals surface area (Å²) in [6.45, 7) is 11.5. The van der Waals surface area contributed by atoms with E-state index in [1.54, 1.807) is 0 Å². The fraction of sp³-hybridized carbons (Fsp3) is 0.833. The number of unbranched alkanes of at least 4 members (excludes halogenated alkanes) is 1. The summed E-state index contributed by atoms with van der Waals surface area (Å²) in [5, 5.41) is 8.20. The molecule has 1 aromatic heterocycles. The molecule has 0 fully saturated rings. The highest BCUT2D eigenvalue weighted by Crippen LogP contribution is 2.02. The fourth-order valence-corrected chi connectivity index (χ4v) is 1.27. The molecule has 0 unspecified atom stereocenters. The van der Waals surface area contributed by atoms with Gasteiger partial charge >= 0.3 is 0 Å². The molecule has 0 aromatic carbocycles. The van der Waals surface area contributed by atoms with Crippen molar-refractivity contribution in [2.45, 2.75) is 60.4 Å². The largest absolute Gasteiger partial charge is 0.252 e. The van der Waals surface area contributed by atoms with Crippen molar-refractivity contribution >= 4 is 0 Å². The Balaban J connectivity index is 0.000000921. The van der Waals surface area contributed by atoms with Gasteiger partial charge in [0.05, 0.1) is 5.69 Å². The van der Waals surface area contributed by atoms with Crippen molar-refractivity contribution in [3.8, 4) is 0 Å². The molecule has 0 amide bonds. The minimum atomic E-state index is 0.640. The van der Waals surface area contributed by atoms with Crippen molar-refractivity contribution in [1.29, 1.82) is 0 Å². The molecule has 0 saturated heterocycles. The number of hydrogen-bond donors (Lipinski definition) is 0. The highest BCUT2D eigenvalue weighted by atomic mass is 15.4. The van der Waals surface area contributed by atoms with Gasteiger partial charge in [-0.2, -0.15) is 0 Å². The number of aryl methyl sites for hydroxylation is 1. The second kappa shape index (κ2) is 8.45. The van der Waals surface area contributed by atoms with Crippen LogP contribution in [-0.4, -0.2) is 15.0 Å². The van der Waals surface area contributed by atoms with Gasteiger partial charge in [0.25, 0.3) is 0 Å². The quantitative estimate of drug-likeness (QED) is 0.748. The van der Waals surface area contributed by atoms with Crippen LogP contribution in [0.3, 0.4) is 0 Å². The Kier molecular flexibility index (Phi) is 7.96. The summed E-state index contributed by atoms with van der Waals surface area (Å²) >= 11 is 0. The first-order valence-corrected chi connectivity index (χ1v) is 6.11. The lowest BCUT2D eigenvalue weighted by Gasteiger charge is -2.01. The molecule has 0 atom stereocenters. The van der Waals surface area contributed by atoms with Gasteiger partial charge < -0.3 is 0 Å². The third-order valence-electron chi connectivity index (χ3n) is 1.92. The van der Waals surface area contributed by atoms with Gasteiger partial charge in [-0.25, -0.2) is 0 Å². The van der Waals surface area contributed by atoms with E-state index < -0.39 is 0 Å². The molecule has 3 nitrogen and oxygen atoms in total. The monoisotopic (exact) mass is 211 g/mol. The molecule has 1 aromatic rings. The molecular formula is C12H25N3. The van der Waals surface area contributed by atoms with Crippen LogP contribution in [0, 0.1) is 5.92 Å². The Morgan fingerprint density at radius 3 is 2.53 bits per heavy atom. The van der Waals surface area contributed by atoms with Crippen LogP contribution >= 0.6 is 0 Å². The first kappa shape index (κ1) is 14.1. The molecule has 0 aliphatic heterocycles. The van der Waals surface area contributed by atoms with E-state index in [1.165, 1.54) is 12.8 Å². The van der Waals surface area contributed by atoms with Crippen LogP contribution < -0.4 is 0 Å². The number of hydrogen-bond acceptors (Lipinski definition) is 2. The van der Waals surface area contributed by atoms with Gasteiger partial charge in [-0.1, -0.05) is 46.3 Å². The van der Waals surface area contributed by atoms with E-state index in [1.807, 2.05) is 18.5 Å². The maximum Gasteiger partial charge on any atom is 0.0827 e. The van der Waals surface area contributed by atoms with Crippen molar-refractivity contribution < 1.29 is 0 Å². The molecule has 0 N–H and O–H groups in total. The lowest BCUT2D eigenvalue weighted by atomic mass is 10.2. The molecule has 0 saturated carbocycles. The van der Waals surface area contributed by atoms with Crippen molar-refractivity contribution in [2.24, 2.45) is 5.92 Å². The topological polar surface area (TPSA) is 30.7 Å². The van der Waals surface area contributed by atoms with E-state index in [0.717, 1.165) is 18.7 Å². The Morgan fingerprint density at radius 1 is 1.33 bits per heavy atom. The van der Waals surface area contributed by atoms with E-state index in [0.29, 0.717) is 5.92 Å². The summed E-state index contributed by atoms with van der Waals surface area (Å²) in [5.74, 6) is 0.640. The summed E-state index contributed by atoms with van der Waals surface area (Å²) in [6.07, 6.45) is 5.56. The Morgan fingerprint density at radius 2 is 2.00 bits per heavy atom. The van der Waals surface area contributed by atoms with Gasteiger partial charge in [0.2, 0.25) is 0 Å². The molecule has 0 aliphatic rings. The van der Waals surface area contributed by atoms with Crippen molar-refractivity contribution in [2.75, 3.05) is 0 Å². The lowest BCUT2D eigenvalue weighted by molar-refractivity contribution is 0.472. The minimum absolute atomic E-state index is 0.640. The van der Waals surface area contributed by atoms with Crippen LogP contribution in [0.1, 0.15) is 53.2 Å². The summed E-state index contributed by atoms with van der Waals surface area (Å²) in [5.41, 5.74) is 1.13. The predicted molar refractivity (Wildman–Crippen MR) is 64.8 cm³/mol. The smallest absolute Gasteiger partial charge is 0.0827 e. The van der Waals surface area contributed by atoms with E-state index in [2.05, 4.69) is 37.3 Å². The summed E-state index contributed by atoms with van der Waals surface area (Å²) in [7, 11) is 0. The fourth-order valence-electron chi connectivity index (χ4n) is 1.27. The van der Waals surface area contributed by atoms with Gasteiger partial charge in [0.15, 0.2) is 0 Å². The van der Waals surface area contributed by atoms with Crippen molar-refractivity contribution in [1.82, 2.24) is 15.0 Å². The van der Waals surface area contributed by atoms with Crippen LogP contribution in [0.15, 0.2) is 6.20 Å². The first-order chi connectivity index (χ1) is 7.22. The average Bonchev–Trinajstić information content (AvgIpc) is 2.65. The predicted octanol–water partition coefficient (Wildman–Crippen LogP) is 3.30. The normalized spacial score (nSPS) is 10.0. The molecule has 0 bridgehead atoms. The molecule has 0 aliphatic carbocycles. The third-order valence-corrected chi connectivity index (χ3v) is 1.92. The number of rotatable bonds is 5. The van der Waals surface area contributed by atoms with Gasteiger partial charge in [0, 0.05) is 12.7 Å². The molecule has 0 spiro atoms. The van der Waals surface area contributed by atoms with Crippen molar-refractivity contribution in [3.63, 3.8) is 0 Å². The van der Waals surface area contributed by atoms with Crippen LogP contribution in [0.4, 0.5) is 0 Å². The maximum atomic E-state index is 4.12. The molecule has 1 rings (SSSR count). The molecule has 15 heavy (non-hydrogen) atoms. The van der Waals surface area contributed by atoms with Crippen LogP contribution in [-0.2, 0) is 13.0 Å². The number of aromatic nitrogens is 3. The Bertz CT molecular complexity index is 241. The standard InChI is InChI=1S/C10H19N3.C2H6/c1-4-5-6-10-8-13(12-11-10)7-9(2)3;1-2/h8-9H,4-7H2,1-3H3;1-2H3. The maximum absolute atomic E-state index is 4.12. The van der Waals surface area contributed by atoms with Gasteiger partial charge in [-0.3, -0.25) is 4.68 Å². The Hall–Kier alpha value is -0.860. The molecule has 0 radical (unpaired) electrons. The van der Waals surface area contributed by atoms with Crippen LogP contribution in [0.5, 0.6) is 0 Å². The second-order valence-electron chi connectivity index (χ2n) is 3.93. The second-order valence-corrected chi connectivity index (χ2v) is 3.93. The first-order valence-electron chi connectivity index (χ1n) is 6.11. The summed E-state index contributed by atoms with van der Waals surface area (Å²) in [4.78, 5) is 0. The number of nitrogens with zero attached hydrogens (tertiary/aromatic N) is 3. The highest BCUT2D eigenvalue weighted by molar-refractivity contribution is 4.92. The Labute approximate surface area is 93.9 Å². The summed E-state index contributed by atoms with van der Waals surface area (Å²) < 4.78 is 1.94. The molecule has 3 heteroatoms. The zero-order chi connectivity index (χ0) is 11.7. The lowest BCUT2D eigenvalue weighted by Crippen LogP contribution is -2.04. The van der Waals surface area contributed by atoms with E-state index >= 15 is 0 Å². The van der Waals surface area contributed by atoms with Crippen molar-refractivity contribution in [3.05, 3.63) is 11.9 Å². The molecule has 1 heterocycles. The van der Waals surface area contributed by atoms with Gasteiger partial charge in [-0.15, -0.1) is 5.10 Å². The third kappa shape index (κ3) is 6.26. The van der Waals surface area contributed by atoms with Crippen LogP contribution in [0.25, 0.3) is 0 Å². The highest BCUT2D eigenvalue weighted by Gasteiger charge is 2.01. The van der Waals surface area contributed by atoms with E-state index in [4.69, 9.17) is 0 Å². The SMILES string of the molecule is CC.CCCCc1cn(CC(C)C)nn1. The summed E-state index contributed by atoms with van der Waals surface area (Å²) in [6, 6.07) is 0. The van der Waals surface area contributed by atoms with E-state index in [-0.39, 0.29) is 0 Å². The van der Waals surface area contributed by atoms with E-state index in [9.17, 15) is 0 Å². The zero-order valence-corrected chi connectivity index (χ0v) is 10.8. The van der Waals surface area contributed by atoms with Gasteiger partial charge in [0.1, 0.15) is 0 Å².